The maximum Gasteiger partial charge on any atom is 0.133 e. The minimum atomic E-state index is -2.18. The predicted octanol–water partition coefficient (Wildman–Crippen LogP) is 10.8. The van der Waals surface area contributed by atoms with Gasteiger partial charge >= 0.3 is 0 Å². The molecule has 0 aliphatic heterocycles. The molecule has 1 radical (unpaired) electrons. The van der Waals surface area contributed by atoms with Crippen molar-refractivity contribution >= 4 is 33.0 Å². The summed E-state index contributed by atoms with van der Waals surface area (Å²) >= 11 is 0. The molecular formula is C42H29IrN3O2-2. The second-order valence-electron chi connectivity index (χ2n) is 10.9. The fraction of sp³-hybridized carbons (Fsp3) is 0.0476. The Labute approximate surface area is 300 Å². The van der Waals surface area contributed by atoms with Gasteiger partial charge in [-0.2, -0.15) is 0 Å². The molecule has 0 saturated carbocycles. The molecule has 9 rings (SSSR count). The van der Waals surface area contributed by atoms with Crippen molar-refractivity contribution in [3.05, 3.63) is 163 Å². The number of para-hydroxylation sites is 3. The molecule has 5 nitrogen and oxygen atoms in total. The Hall–Kier alpha value is -5.55. The van der Waals surface area contributed by atoms with Gasteiger partial charge in [-0.05, 0) is 72.7 Å². The SMILES string of the molecule is [2H]C([2H])([2H])c1c[c-]c(-c2ccc(C([2H])([2H])[2H])cn2)cc1.[Ir].[c-]1ccc2c(oc3ccccc32)c1-c1nc2ccccc2n1-c1ccc(-c2ccco2)cc1. The molecule has 48 heavy (non-hydrogen) atoms. The zero-order valence-corrected chi connectivity index (χ0v) is 27.7. The Morgan fingerprint density at radius 3 is 2.35 bits per heavy atom. The molecule has 0 aliphatic carbocycles. The van der Waals surface area contributed by atoms with Gasteiger partial charge in [-0.15, -0.1) is 53.6 Å². The van der Waals surface area contributed by atoms with Crippen molar-refractivity contribution in [1.82, 2.24) is 14.5 Å². The van der Waals surface area contributed by atoms with E-state index in [0.29, 0.717) is 11.3 Å². The quantitative estimate of drug-likeness (QED) is 0.166. The number of pyridine rings is 1. The topological polar surface area (TPSA) is 57.0 Å². The zero-order chi connectivity index (χ0) is 36.7. The summed E-state index contributed by atoms with van der Waals surface area (Å²) in [6, 6.07) is 46.3. The van der Waals surface area contributed by atoms with Crippen molar-refractivity contribution < 1.29 is 37.2 Å². The second-order valence-corrected chi connectivity index (χ2v) is 10.9. The third-order valence-corrected chi connectivity index (χ3v) is 7.91. The number of aryl methyl sites for hydroxylation is 2. The van der Waals surface area contributed by atoms with Crippen LogP contribution >= 0.6 is 0 Å². The van der Waals surface area contributed by atoms with Gasteiger partial charge in [-0.1, -0.05) is 60.3 Å². The van der Waals surface area contributed by atoms with E-state index in [1.165, 1.54) is 24.4 Å². The molecule has 0 unspecified atom stereocenters. The van der Waals surface area contributed by atoms with Crippen LogP contribution in [0.4, 0.5) is 0 Å². The van der Waals surface area contributed by atoms with Gasteiger partial charge in [0.05, 0.1) is 28.7 Å². The molecule has 0 saturated heterocycles. The summed E-state index contributed by atoms with van der Waals surface area (Å²) in [6.45, 7) is -4.34. The summed E-state index contributed by atoms with van der Waals surface area (Å²) in [5.74, 6) is 1.64. The maximum atomic E-state index is 7.28. The fourth-order valence-corrected chi connectivity index (χ4v) is 5.67. The molecule has 0 aliphatic rings. The number of fused-ring (bicyclic) bond motifs is 4. The number of hydrogen-bond acceptors (Lipinski definition) is 4. The summed E-state index contributed by atoms with van der Waals surface area (Å²) in [7, 11) is 0. The third kappa shape index (κ3) is 5.88. The Balaban J connectivity index is 0.000000186. The van der Waals surface area contributed by atoms with E-state index < -0.39 is 13.7 Å². The van der Waals surface area contributed by atoms with E-state index in [-0.39, 0.29) is 31.2 Å². The van der Waals surface area contributed by atoms with Gasteiger partial charge < -0.3 is 18.4 Å². The van der Waals surface area contributed by atoms with Crippen LogP contribution in [0.5, 0.6) is 0 Å². The molecule has 0 bridgehead atoms. The molecule has 6 heteroatoms. The number of nitrogens with zero attached hydrogens (tertiary/aromatic N) is 3. The molecular weight excluding hydrogens is 771 g/mol. The normalized spacial score (nSPS) is 13.3. The van der Waals surface area contributed by atoms with Crippen LogP contribution in [0, 0.1) is 25.8 Å². The van der Waals surface area contributed by atoms with Crippen molar-refractivity contribution in [2.75, 3.05) is 0 Å². The molecule has 9 aromatic rings. The number of benzene rings is 5. The van der Waals surface area contributed by atoms with Crippen LogP contribution < -0.4 is 0 Å². The molecule has 0 atom stereocenters. The van der Waals surface area contributed by atoms with Crippen LogP contribution in [-0.2, 0) is 20.1 Å². The van der Waals surface area contributed by atoms with Gasteiger partial charge in [0.2, 0.25) is 0 Å². The zero-order valence-electron chi connectivity index (χ0n) is 31.3. The number of rotatable bonds is 4. The average Bonchev–Trinajstić information content (AvgIpc) is 3.93. The number of furan rings is 2. The Kier molecular flexibility index (Phi) is 6.81. The predicted molar refractivity (Wildman–Crippen MR) is 188 cm³/mol. The smallest absolute Gasteiger partial charge is 0.133 e. The van der Waals surface area contributed by atoms with E-state index in [4.69, 9.17) is 22.0 Å². The van der Waals surface area contributed by atoms with E-state index >= 15 is 0 Å². The van der Waals surface area contributed by atoms with Crippen molar-refractivity contribution in [1.29, 1.82) is 0 Å². The standard InChI is InChI=1S/C29H17N2O2.C13H12N.Ir/c1-4-12-27-21(7-1)22-8-5-9-23(28(22)33-27)29-30-24-10-2-3-11-25(24)31(29)20-16-14-19(15-17-20)26-13-6-18-32-26;1-10-3-6-12(7-4-10)13-8-5-11(2)9-14-13;/h1-8,10-18H;3-6,8-9H,1-2H3;/q2*-1;/i;1D3,2D3;. The minimum absolute atomic E-state index is 0. The summed E-state index contributed by atoms with van der Waals surface area (Å²) in [4.78, 5) is 9.08. The van der Waals surface area contributed by atoms with E-state index in [0.717, 1.165) is 61.4 Å². The Morgan fingerprint density at radius 1 is 0.750 bits per heavy atom. The molecule has 4 aromatic heterocycles. The molecule has 235 valence electrons. The Morgan fingerprint density at radius 2 is 1.58 bits per heavy atom. The fourth-order valence-electron chi connectivity index (χ4n) is 5.67. The molecule has 5 aromatic carbocycles. The molecule has 0 spiro atoms. The van der Waals surface area contributed by atoms with Crippen LogP contribution in [0.3, 0.4) is 0 Å². The average molecular weight is 806 g/mol. The maximum absolute atomic E-state index is 7.28. The minimum Gasteiger partial charge on any atom is -0.501 e. The monoisotopic (exact) mass is 806 g/mol. The first kappa shape index (κ1) is 24.6. The van der Waals surface area contributed by atoms with Crippen LogP contribution in [-0.4, -0.2) is 14.5 Å². The second kappa shape index (κ2) is 13.3. The van der Waals surface area contributed by atoms with Gasteiger partial charge in [0.15, 0.2) is 0 Å². The number of imidazole rings is 1. The van der Waals surface area contributed by atoms with E-state index in [2.05, 4.69) is 64.1 Å². The summed E-state index contributed by atoms with van der Waals surface area (Å²) in [5, 5.41) is 2.15. The first-order valence-corrected chi connectivity index (χ1v) is 15.0. The van der Waals surface area contributed by atoms with Gasteiger partial charge in [0.1, 0.15) is 11.3 Å². The summed E-state index contributed by atoms with van der Waals surface area (Å²) in [6.07, 6.45) is 2.99. The van der Waals surface area contributed by atoms with Crippen molar-refractivity contribution in [2.45, 2.75) is 13.7 Å². The van der Waals surface area contributed by atoms with Crippen molar-refractivity contribution in [3.8, 4) is 39.7 Å². The number of hydrogen-bond donors (Lipinski definition) is 0. The van der Waals surface area contributed by atoms with Crippen molar-refractivity contribution in [2.24, 2.45) is 0 Å². The third-order valence-electron chi connectivity index (χ3n) is 7.91. The molecule has 4 heterocycles. The van der Waals surface area contributed by atoms with Gasteiger partial charge in [0, 0.05) is 51.2 Å². The molecule has 0 amide bonds. The first-order chi connectivity index (χ1) is 25.5. The van der Waals surface area contributed by atoms with Crippen LogP contribution in [0.25, 0.3) is 72.6 Å². The van der Waals surface area contributed by atoms with Gasteiger partial charge in [-0.3, -0.25) is 4.98 Å². The van der Waals surface area contributed by atoms with E-state index in [9.17, 15) is 0 Å². The van der Waals surface area contributed by atoms with Gasteiger partial charge in [0.25, 0.3) is 0 Å². The number of aromatic nitrogens is 3. The molecule has 0 N–H and O–H groups in total. The van der Waals surface area contributed by atoms with E-state index in [1.54, 1.807) is 18.4 Å². The largest absolute Gasteiger partial charge is 0.501 e. The van der Waals surface area contributed by atoms with Crippen LogP contribution in [0.15, 0.2) is 149 Å². The summed E-state index contributed by atoms with van der Waals surface area (Å²) in [5.41, 5.74) is 8.03. The first-order valence-electron chi connectivity index (χ1n) is 18.0. The Bertz CT molecular complexity index is 2630. The van der Waals surface area contributed by atoms with Crippen molar-refractivity contribution in [3.63, 3.8) is 0 Å². The van der Waals surface area contributed by atoms with E-state index in [1.807, 2.05) is 54.6 Å². The van der Waals surface area contributed by atoms with Gasteiger partial charge in [-0.25, -0.2) is 0 Å². The molecule has 0 fully saturated rings. The van der Waals surface area contributed by atoms with Crippen LogP contribution in [0.1, 0.15) is 19.4 Å². The summed E-state index contributed by atoms with van der Waals surface area (Å²) < 4.78 is 57.7. The van der Waals surface area contributed by atoms with Crippen LogP contribution in [0.2, 0.25) is 0 Å².